The third kappa shape index (κ3) is 4.95. The number of carbonyl (C=O) groups excluding carboxylic acids is 1. The molecule has 1 aliphatic heterocycles. The van der Waals surface area contributed by atoms with Crippen molar-refractivity contribution in [2.75, 3.05) is 36.4 Å². The van der Waals surface area contributed by atoms with Gasteiger partial charge in [-0.15, -0.1) is 0 Å². The summed E-state index contributed by atoms with van der Waals surface area (Å²) in [6.45, 7) is 9.49. The van der Waals surface area contributed by atoms with Crippen LogP contribution in [0, 0.1) is 13.8 Å². The molecule has 1 aliphatic rings. The van der Waals surface area contributed by atoms with Crippen LogP contribution in [0.2, 0.25) is 0 Å². The molecule has 29 heavy (non-hydrogen) atoms. The SMILES string of the molecule is Cc1cccc(N2CCN([C@@H](C)C(=O)Nc3ccc(S(N)(=O)=O)cc3)CC2)c1C. The normalized spacial score (nSPS) is 16.5. The Balaban J connectivity index is 1.58. The average Bonchev–Trinajstić information content (AvgIpc) is 2.69. The second-order valence-corrected chi connectivity index (χ2v) is 9.04. The fourth-order valence-corrected chi connectivity index (χ4v) is 4.08. The van der Waals surface area contributed by atoms with Crippen molar-refractivity contribution >= 4 is 27.3 Å². The van der Waals surface area contributed by atoms with Gasteiger partial charge in [-0.3, -0.25) is 9.69 Å². The molecule has 7 nitrogen and oxygen atoms in total. The summed E-state index contributed by atoms with van der Waals surface area (Å²) in [4.78, 5) is 17.2. The molecule has 1 fully saturated rings. The fourth-order valence-electron chi connectivity index (χ4n) is 3.57. The third-order valence-corrected chi connectivity index (χ3v) is 6.54. The molecule has 3 rings (SSSR count). The minimum atomic E-state index is -3.74. The van der Waals surface area contributed by atoms with Crippen molar-refractivity contribution in [2.45, 2.75) is 31.7 Å². The van der Waals surface area contributed by atoms with E-state index in [-0.39, 0.29) is 16.8 Å². The molecular formula is C21H28N4O3S. The van der Waals surface area contributed by atoms with Crippen molar-refractivity contribution in [3.8, 4) is 0 Å². The monoisotopic (exact) mass is 416 g/mol. The van der Waals surface area contributed by atoms with Gasteiger partial charge in [0.15, 0.2) is 0 Å². The van der Waals surface area contributed by atoms with Gasteiger partial charge in [0.2, 0.25) is 15.9 Å². The number of benzene rings is 2. The van der Waals surface area contributed by atoms with Gasteiger partial charge in [0.25, 0.3) is 0 Å². The van der Waals surface area contributed by atoms with E-state index in [0.717, 1.165) is 26.2 Å². The molecule has 1 heterocycles. The van der Waals surface area contributed by atoms with E-state index in [1.807, 2.05) is 6.92 Å². The van der Waals surface area contributed by atoms with Gasteiger partial charge in [-0.25, -0.2) is 13.6 Å². The van der Waals surface area contributed by atoms with Crippen LogP contribution in [0.4, 0.5) is 11.4 Å². The van der Waals surface area contributed by atoms with Gasteiger partial charge >= 0.3 is 0 Å². The molecule has 0 saturated carbocycles. The Morgan fingerprint density at radius 2 is 1.66 bits per heavy atom. The van der Waals surface area contributed by atoms with Gasteiger partial charge in [-0.1, -0.05) is 12.1 Å². The van der Waals surface area contributed by atoms with Crippen molar-refractivity contribution < 1.29 is 13.2 Å². The van der Waals surface area contributed by atoms with Crippen LogP contribution >= 0.6 is 0 Å². The molecule has 0 radical (unpaired) electrons. The Bertz CT molecular complexity index is 981. The highest BCUT2D eigenvalue weighted by molar-refractivity contribution is 7.89. The fraction of sp³-hybridized carbons (Fsp3) is 0.381. The van der Waals surface area contributed by atoms with Crippen LogP contribution in [0.3, 0.4) is 0 Å². The number of hydrogen-bond acceptors (Lipinski definition) is 5. The number of nitrogens with zero attached hydrogens (tertiary/aromatic N) is 2. The molecule has 156 valence electrons. The van der Waals surface area contributed by atoms with Gasteiger partial charge in [-0.2, -0.15) is 0 Å². The van der Waals surface area contributed by atoms with E-state index < -0.39 is 10.0 Å². The first-order valence-corrected chi connectivity index (χ1v) is 11.2. The van der Waals surface area contributed by atoms with Crippen LogP contribution in [0.1, 0.15) is 18.1 Å². The number of nitrogens with one attached hydrogen (secondary N) is 1. The van der Waals surface area contributed by atoms with E-state index >= 15 is 0 Å². The maximum Gasteiger partial charge on any atom is 0.241 e. The second-order valence-electron chi connectivity index (χ2n) is 7.48. The van der Waals surface area contributed by atoms with Gasteiger partial charge in [0.1, 0.15) is 0 Å². The first-order valence-electron chi connectivity index (χ1n) is 9.66. The molecular weight excluding hydrogens is 388 g/mol. The molecule has 1 saturated heterocycles. The Kier molecular flexibility index (Phi) is 6.26. The first-order chi connectivity index (χ1) is 13.7. The highest BCUT2D eigenvalue weighted by atomic mass is 32.2. The molecule has 1 amide bonds. The van der Waals surface area contributed by atoms with Gasteiger partial charge in [0.05, 0.1) is 10.9 Å². The van der Waals surface area contributed by atoms with E-state index in [1.54, 1.807) is 12.1 Å². The van der Waals surface area contributed by atoms with Gasteiger partial charge < -0.3 is 10.2 Å². The lowest BCUT2D eigenvalue weighted by Crippen LogP contribution is -2.53. The number of nitrogens with two attached hydrogens (primary N) is 1. The van der Waals surface area contributed by atoms with Crippen LogP contribution < -0.4 is 15.4 Å². The Morgan fingerprint density at radius 3 is 2.24 bits per heavy atom. The summed E-state index contributed by atoms with van der Waals surface area (Å²) in [5.74, 6) is -0.117. The molecule has 1 atom stereocenters. The molecule has 0 aromatic heterocycles. The van der Waals surface area contributed by atoms with Crippen LogP contribution in [0.25, 0.3) is 0 Å². The van der Waals surface area contributed by atoms with Crippen molar-refractivity contribution in [2.24, 2.45) is 5.14 Å². The van der Waals surface area contributed by atoms with Gasteiger partial charge in [0, 0.05) is 37.6 Å². The van der Waals surface area contributed by atoms with E-state index in [2.05, 4.69) is 47.2 Å². The Labute approximate surface area is 172 Å². The quantitative estimate of drug-likeness (QED) is 0.778. The highest BCUT2D eigenvalue weighted by Crippen LogP contribution is 2.24. The molecule has 2 aromatic carbocycles. The minimum absolute atomic E-state index is 0.0195. The van der Waals surface area contributed by atoms with E-state index in [1.165, 1.54) is 28.9 Å². The van der Waals surface area contributed by atoms with Crippen molar-refractivity contribution in [3.05, 3.63) is 53.6 Å². The number of amides is 1. The van der Waals surface area contributed by atoms with E-state index in [0.29, 0.717) is 5.69 Å². The van der Waals surface area contributed by atoms with E-state index in [4.69, 9.17) is 5.14 Å². The summed E-state index contributed by atoms with van der Waals surface area (Å²) in [6.07, 6.45) is 0. The Morgan fingerprint density at radius 1 is 1.03 bits per heavy atom. The zero-order valence-electron chi connectivity index (χ0n) is 17.1. The molecule has 0 unspecified atom stereocenters. The number of piperazine rings is 1. The summed E-state index contributed by atoms with van der Waals surface area (Å²) in [6, 6.07) is 11.9. The molecule has 0 spiro atoms. The lowest BCUT2D eigenvalue weighted by Gasteiger charge is -2.39. The minimum Gasteiger partial charge on any atom is -0.369 e. The molecule has 8 heteroatoms. The number of rotatable bonds is 5. The van der Waals surface area contributed by atoms with Gasteiger partial charge in [-0.05, 0) is 62.2 Å². The van der Waals surface area contributed by atoms with Crippen LogP contribution in [-0.2, 0) is 14.8 Å². The number of hydrogen-bond donors (Lipinski definition) is 2. The smallest absolute Gasteiger partial charge is 0.241 e. The predicted molar refractivity (Wildman–Crippen MR) is 116 cm³/mol. The van der Waals surface area contributed by atoms with Crippen LogP contribution in [-0.4, -0.2) is 51.4 Å². The lowest BCUT2D eigenvalue weighted by atomic mass is 10.1. The molecule has 0 aliphatic carbocycles. The van der Waals surface area contributed by atoms with Crippen LogP contribution in [0.5, 0.6) is 0 Å². The number of primary sulfonamides is 1. The maximum absolute atomic E-state index is 12.6. The largest absolute Gasteiger partial charge is 0.369 e. The number of sulfonamides is 1. The molecule has 0 bridgehead atoms. The number of anilines is 2. The van der Waals surface area contributed by atoms with Crippen LogP contribution in [0.15, 0.2) is 47.4 Å². The van der Waals surface area contributed by atoms with Crippen molar-refractivity contribution in [1.29, 1.82) is 0 Å². The molecule has 2 aromatic rings. The average molecular weight is 417 g/mol. The van der Waals surface area contributed by atoms with Crippen molar-refractivity contribution in [3.63, 3.8) is 0 Å². The number of aryl methyl sites for hydroxylation is 1. The predicted octanol–water partition coefficient (Wildman–Crippen LogP) is 2.10. The zero-order chi connectivity index (χ0) is 21.2. The highest BCUT2D eigenvalue weighted by Gasteiger charge is 2.26. The first kappa shape index (κ1) is 21.3. The Hall–Kier alpha value is -2.42. The third-order valence-electron chi connectivity index (χ3n) is 5.61. The topological polar surface area (TPSA) is 95.7 Å². The van der Waals surface area contributed by atoms with Crippen molar-refractivity contribution in [1.82, 2.24) is 4.90 Å². The second kappa shape index (κ2) is 8.52. The maximum atomic E-state index is 12.6. The summed E-state index contributed by atoms with van der Waals surface area (Å²) in [5.41, 5.74) is 4.39. The molecule has 3 N–H and O–H groups in total. The number of carbonyl (C=O) groups is 1. The summed E-state index contributed by atoms with van der Waals surface area (Å²) < 4.78 is 22.7. The summed E-state index contributed by atoms with van der Waals surface area (Å²) in [7, 11) is -3.74. The van der Waals surface area contributed by atoms with E-state index in [9.17, 15) is 13.2 Å². The standard InChI is InChI=1S/C21H28N4O3S/c1-15-5-4-6-20(16(15)2)25-13-11-24(12-14-25)17(3)21(26)23-18-7-9-19(10-8-18)29(22,27)28/h4-10,17H,11-14H2,1-3H3,(H,23,26)(H2,22,27,28)/t17-/m0/s1. The lowest BCUT2D eigenvalue weighted by molar-refractivity contribution is -0.120. The zero-order valence-corrected chi connectivity index (χ0v) is 17.9. The summed E-state index contributed by atoms with van der Waals surface area (Å²) >= 11 is 0. The summed E-state index contributed by atoms with van der Waals surface area (Å²) in [5, 5.41) is 7.95.